The van der Waals surface area contributed by atoms with Crippen molar-refractivity contribution >= 4 is 11.8 Å². The number of nitrogens with one attached hydrogen (secondary N) is 1. The summed E-state index contributed by atoms with van der Waals surface area (Å²) in [4.78, 5) is 25.0. The van der Waals surface area contributed by atoms with Crippen LogP contribution in [-0.4, -0.2) is 43.0 Å². The molecule has 1 aromatic rings. The van der Waals surface area contributed by atoms with E-state index in [0.29, 0.717) is 6.04 Å². The quantitative estimate of drug-likeness (QED) is 0.825. The summed E-state index contributed by atoms with van der Waals surface area (Å²) in [7, 11) is 1.61. The van der Waals surface area contributed by atoms with Crippen molar-refractivity contribution < 1.29 is 14.3 Å². The van der Waals surface area contributed by atoms with E-state index in [1.165, 1.54) is 4.90 Å². The Morgan fingerprint density at radius 3 is 2.71 bits per heavy atom. The van der Waals surface area contributed by atoms with Gasteiger partial charge in [-0.05, 0) is 30.9 Å². The third kappa shape index (κ3) is 4.77. The average Bonchev–Trinajstić information content (AvgIpc) is 3.28. The molecule has 0 aliphatic heterocycles. The molecule has 1 aliphatic carbocycles. The topological polar surface area (TPSA) is 58.6 Å². The molecule has 5 nitrogen and oxygen atoms in total. The zero-order chi connectivity index (χ0) is 15.2. The normalized spacial score (nSPS) is 13.6. The maximum atomic E-state index is 12.0. The SMILES string of the molecule is CCc1ccccc1OCC(=O)N(C)CC(=O)NC1CC1. The number of ether oxygens (including phenoxy) is 1. The number of benzene rings is 1. The summed E-state index contributed by atoms with van der Waals surface area (Å²) in [5, 5.41) is 2.86. The van der Waals surface area contributed by atoms with Crippen molar-refractivity contribution in [2.24, 2.45) is 0 Å². The number of amides is 2. The number of carbonyl (C=O) groups is 2. The zero-order valence-corrected chi connectivity index (χ0v) is 12.6. The molecule has 21 heavy (non-hydrogen) atoms. The van der Waals surface area contributed by atoms with Gasteiger partial charge in [0, 0.05) is 13.1 Å². The van der Waals surface area contributed by atoms with Gasteiger partial charge in [0.25, 0.3) is 5.91 Å². The minimum Gasteiger partial charge on any atom is -0.483 e. The molecule has 0 atom stereocenters. The lowest BCUT2D eigenvalue weighted by molar-refractivity contribution is -0.136. The number of nitrogens with zero attached hydrogens (tertiary/aromatic N) is 1. The van der Waals surface area contributed by atoms with E-state index in [-0.39, 0.29) is 25.0 Å². The zero-order valence-electron chi connectivity index (χ0n) is 12.6. The number of aryl methyl sites for hydroxylation is 1. The van der Waals surface area contributed by atoms with Gasteiger partial charge in [-0.15, -0.1) is 0 Å². The van der Waals surface area contributed by atoms with Gasteiger partial charge in [-0.25, -0.2) is 0 Å². The molecule has 0 unspecified atom stereocenters. The van der Waals surface area contributed by atoms with Gasteiger partial charge in [-0.2, -0.15) is 0 Å². The molecule has 1 fully saturated rings. The smallest absolute Gasteiger partial charge is 0.260 e. The Balaban J connectivity index is 1.78. The van der Waals surface area contributed by atoms with Gasteiger partial charge in [0.1, 0.15) is 5.75 Å². The second kappa shape index (κ2) is 7.11. The Kier molecular flexibility index (Phi) is 5.20. The molecule has 1 saturated carbocycles. The fourth-order valence-electron chi connectivity index (χ4n) is 1.99. The van der Waals surface area contributed by atoms with E-state index in [2.05, 4.69) is 5.32 Å². The summed E-state index contributed by atoms with van der Waals surface area (Å²) in [6, 6.07) is 7.97. The highest BCUT2D eigenvalue weighted by Gasteiger charge is 2.24. The third-order valence-electron chi connectivity index (χ3n) is 3.45. The minimum absolute atomic E-state index is 0.0514. The first-order chi connectivity index (χ1) is 10.1. The lowest BCUT2D eigenvalue weighted by Gasteiger charge is -2.17. The van der Waals surface area contributed by atoms with E-state index in [4.69, 9.17) is 4.74 Å². The van der Waals surface area contributed by atoms with Crippen molar-refractivity contribution in [3.63, 3.8) is 0 Å². The van der Waals surface area contributed by atoms with E-state index in [0.717, 1.165) is 30.6 Å². The van der Waals surface area contributed by atoms with Crippen LogP contribution in [0.5, 0.6) is 5.75 Å². The standard InChI is InChI=1S/C16H22N2O3/c1-3-12-6-4-5-7-14(12)21-11-16(20)18(2)10-15(19)17-13-8-9-13/h4-7,13H,3,8-11H2,1-2H3,(H,17,19). The molecular weight excluding hydrogens is 268 g/mol. The summed E-state index contributed by atoms with van der Waals surface area (Å²) < 4.78 is 5.56. The fraction of sp³-hybridized carbons (Fsp3) is 0.500. The van der Waals surface area contributed by atoms with E-state index in [1.807, 2.05) is 31.2 Å². The second-order valence-electron chi connectivity index (χ2n) is 5.34. The van der Waals surface area contributed by atoms with Crippen molar-refractivity contribution in [3.8, 4) is 5.75 Å². The highest BCUT2D eigenvalue weighted by atomic mass is 16.5. The molecule has 0 saturated heterocycles. The van der Waals surface area contributed by atoms with Crippen LogP contribution >= 0.6 is 0 Å². The summed E-state index contributed by atoms with van der Waals surface area (Å²) in [5.74, 6) is 0.415. The molecule has 114 valence electrons. The van der Waals surface area contributed by atoms with Crippen LogP contribution in [0.25, 0.3) is 0 Å². The first kappa shape index (κ1) is 15.4. The number of likely N-dealkylation sites (N-methyl/N-ethyl adjacent to an activating group) is 1. The van der Waals surface area contributed by atoms with Crippen molar-refractivity contribution in [3.05, 3.63) is 29.8 Å². The van der Waals surface area contributed by atoms with Gasteiger partial charge >= 0.3 is 0 Å². The predicted molar refractivity (Wildman–Crippen MR) is 80.1 cm³/mol. The monoisotopic (exact) mass is 290 g/mol. The molecule has 0 spiro atoms. The third-order valence-corrected chi connectivity index (χ3v) is 3.45. The highest BCUT2D eigenvalue weighted by molar-refractivity contribution is 5.85. The van der Waals surface area contributed by atoms with Crippen molar-refractivity contribution in [1.29, 1.82) is 0 Å². The minimum atomic E-state index is -0.202. The fourth-order valence-corrected chi connectivity index (χ4v) is 1.99. The average molecular weight is 290 g/mol. The molecule has 2 rings (SSSR count). The van der Waals surface area contributed by atoms with Gasteiger partial charge < -0.3 is 15.0 Å². The van der Waals surface area contributed by atoms with Crippen molar-refractivity contribution in [2.75, 3.05) is 20.2 Å². The summed E-state index contributed by atoms with van der Waals surface area (Å²) >= 11 is 0. The van der Waals surface area contributed by atoms with Crippen LogP contribution in [0, 0.1) is 0 Å². The molecule has 1 aliphatic rings. The van der Waals surface area contributed by atoms with Crippen LogP contribution in [0.4, 0.5) is 0 Å². The molecule has 0 radical (unpaired) electrons. The van der Waals surface area contributed by atoms with Gasteiger partial charge in [0.2, 0.25) is 5.91 Å². The predicted octanol–water partition coefficient (Wildman–Crippen LogP) is 1.36. The Morgan fingerprint density at radius 2 is 2.05 bits per heavy atom. The van der Waals surface area contributed by atoms with E-state index in [1.54, 1.807) is 7.05 Å². The maximum Gasteiger partial charge on any atom is 0.260 e. The number of rotatable bonds is 7. The molecule has 0 bridgehead atoms. The summed E-state index contributed by atoms with van der Waals surface area (Å²) in [6.07, 6.45) is 2.94. The van der Waals surface area contributed by atoms with Crippen LogP contribution in [0.3, 0.4) is 0 Å². The van der Waals surface area contributed by atoms with Crippen LogP contribution in [-0.2, 0) is 16.0 Å². The van der Waals surface area contributed by atoms with E-state index < -0.39 is 0 Å². The molecule has 0 aromatic heterocycles. The van der Waals surface area contributed by atoms with Crippen LogP contribution in [0.1, 0.15) is 25.3 Å². The van der Waals surface area contributed by atoms with Crippen LogP contribution in [0.15, 0.2) is 24.3 Å². The number of para-hydroxylation sites is 1. The molecule has 1 aromatic carbocycles. The Morgan fingerprint density at radius 1 is 1.33 bits per heavy atom. The summed E-state index contributed by atoms with van der Waals surface area (Å²) in [5.41, 5.74) is 1.07. The Labute approximate surface area is 125 Å². The molecule has 1 N–H and O–H groups in total. The van der Waals surface area contributed by atoms with Crippen molar-refractivity contribution in [1.82, 2.24) is 10.2 Å². The molecule has 0 heterocycles. The lowest BCUT2D eigenvalue weighted by atomic mass is 10.1. The molecule has 2 amide bonds. The van der Waals surface area contributed by atoms with Gasteiger partial charge in [0.05, 0.1) is 6.54 Å². The first-order valence-electron chi connectivity index (χ1n) is 7.34. The first-order valence-corrected chi connectivity index (χ1v) is 7.34. The molecule has 5 heteroatoms. The van der Waals surface area contributed by atoms with Crippen molar-refractivity contribution in [2.45, 2.75) is 32.2 Å². The largest absolute Gasteiger partial charge is 0.483 e. The van der Waals surface area contributed by atoms with Crippen LogP contribution < -0.4 is 10.1 Å². The second-order valence-corrected chi connectivity index (χ2v) is 5.34. The highest BCUT2D eigenvalue weighted by Crippen LogP contribution is 2.19. The Bertz CT molecular complexity index is 512. The van der Waals surface area contributed by atoms with Crippen LogP contribution in [0.2, 0.25) is 0 Å². The van der Waals surface area contributed by atoms with Gasteiger partial charge in [0.15, 0.2) is 6.61 Å². The lowest BCUT2D eigenvalue weighted by Crippen LogP contribution is -2.41. The number of carbonyl (C=O) groups excluding carboxylic acids is 2. The number of hydrogen-bond acceptors (Lipinski definition) is 3. The van der Waals surface area contributed by atoms with E-state index >= 15 is 0 Å². The van der Waals surface area contributed by atoms with Gasteiger partial charge in [-0.3, -0.25) is 9.59 Å². The van der Waals surface area contributed by atoms with Gasteiger partial charge in [-0.1, -0.05) is 25.1 Å². The number of hydrogen-bond donors (Lipinski definition) is 1. The maximum absolute atomic E-state index is 12.0. The summed E-state index contributed by atoms with van der Waals surface area (Å²) in [6.45, 7) is 2.07. The Hall–Kier alpha value is -2.04. The van der Waals surface area contributed by atoms with E-state index in [9.17, 15) is 9.59 Å². The molecular formula is C16H22N2O3.